The molecule has 0 heterocycles. The lowest BCUT2D eigenvalue weighted by atomic mass is 9.81. The summed E-state index contributed by atoms with van der Waals surface area (Å²) in [6, 6.07) is 0. The van der Waals surface area contributed by atoms with E-state index in [-0.39, 0.29) is 5.54 Å². The molecule has 0 aliphatic carbocycles. The van der Waals surface area contributed by atoms with Gasteiger partial charge in [0.2, 0.25) is 0 Å². The maximum atomic E-state index is 6.11. The standard InChI is InChI=1S/C9H22N2/c1-4-6-9(3,11)8(5-2)7-10/h8H,4-7,10-11H2,1-3H3. The number of hydrogen-bond donors (Lipinski definition) is 2. The molecular formula is C9H22N2. The first-order valence-corrected chi connectivity index (χ1v) is 4.57. The summed E-state index contributed by atoms with van der Waals surface area (Å²) >= 11 is 0. The average Bonchev–Trinajstić information content (AvgIpc) is 1.89. The lowest BCUT2D eigenvalue weighted by molar-refractivity contribution is 0.272. The van der Waals surface area contributed by atoms with Crippen LogP contribution in [0.1, 0.15) is 40.0 Å². The third-order valence-electron chi connectivity index (χ3n) is 2.50. The Balaban J connectivity index is 4.00. The van der Waals surface area contributed by atoms with Crippen molar-refractivity contribution in [1.82, 2.24) is 0 Å². The Labute approximate surface area is 70.3 Å². The predicted octanol–water partition coefficient (Wildman–Crippen LogP) is 1.49. The third kappa shape index (κ3) is 3.21. The fraction of sp³-hybridized carbons (Fsp3) is 1.00. The van der Waals surface area contributed by atoms with Crippen LogP contribution >= 0.6 is 0 Å². The first-order chi connectivity index (χ1) is 5.08. The summed E-state index contributed by atoms with van der Waals surface area (Å²) in [5.74, 6) is 0.474. The van der Waals surface area contributed by atoms with Crippen molar-refractivity contribution in [2.45, 2.75) is 45.6 Å². The van der Waals surface area contributed by atoms with E-state index in [4.69, 9.17) is 11.5 Å². The van der Waals surface area contributed by atoms with Crippen LogP contribution in [0.15, 0.2) is 0 Å². The molecule has 0 fully saturated rings. The molecule has 0 radical (unpaired) electrons. The second-order valence-corrected chi connectivity index (χ2v) is 3.60. The monoisotopic (exact) mass is 158 g/mol. The Morgan fingerprint density at radius 2 is 1.91 bits per heavy atom. The van der Waals surface area contributed by atoms with E-state index in [0.29, 0.717) is 12.5 Å². The summed E-state index contributed by atoms with van der Waals surface area (Å²) in [6.07, 6.45) is 3.30. The van der Waals surface area contributed by atoms with Gasteiger partial charge in [-0.15, -0.1) is 0 Å². The summed E-state index contributed by atoms with van der Waals surface area (Å²) < 4.78 is 0. The van der Waals surface area contributed by atoms with Crippen molar-refractivity contribution in [2.75, 3.05) is 6.54 Å². The minimum Gasteiger partial charge on any atom is -0.330 e. The molecule has 0 saturated carbocycles. The lowest BCUT2D eigenvalue weighted by Crippen LogP contribution is -2.46. The number of nitrogens with two attached hydrogens (primary N) is 2. The molecule has 68 valence electrons. The van der Waals surface area contributed by atoms with E-state index in [1.54, 1.807) is 0 Å². The minimum atomic E-state index is -0.0573. The third-order valence-corrected chi connectivity index (χ3v) is 2.50. The van der Waals surface area contributed by atoms with E-state index in [9.17, 15) is 0 Å². The van der Waals surface area contributed by atoms with Gasteiger partial charge in [0, 0.05) is 5.54 Å². The topological polar surface area (TPSA) is 52.0 Å². The maximum absolute atomic E-state index is 6.11. The van der Waals surface area contributed by atoms with E-state index in [1.807, 2.05) is 0 Å². The van der Waals surface area contributed by atoms with Gasteiger partial charge in [0.05, 0.1) is 0 Å². The number of hydrogen-bond acceptors (Lipinski definition) is 2. The van der Waals surface area contributed by atoms with Crippen molar-refractivity contribution in [1.29, 1.82) is 0 Å². The molecule has 0 aromatic rings. The first kappa shape index (κ1) is 10.9. The van der Waals surface area contributed by atoms with Gasteiger partial charge in [0.1, 0.15) is 0 Å². The van der Waals surface area contributed by atoms with Crippen molar-refractivity contribution < 1.29 is 0 Å². The van der Waals surface area contributed by atoms with Gasteiger partial charge in [-0.1, -0.05) is 26.7 Å². The van der Waals surface area contributed by atoms with E-state index in [0.717, 1.165) is 19.3 Å². The van der Waals surface area contributed by atoms with Crippen LogP contribution in [0.2, 0.25) is 0 Å². The minimum absolute atomic E-state index is 0.0573. The molecule has 0 saturated heterocycles. The van der Waals surface area contributed by atoms with Crippen molar-refractivity contribution in [2.24, 2.45) is 17.4 Å². The van der Waals surface area contributed by atoms with Gasteiger partial charge >= 0.3 is 0 Å². The molecule has 0 aromatic carbocycles. The molecule has 0 rings (SSSR count). The first-order valence-electron chi connectivity index (χ1n) is 4.57. The zero-order valence-electron chi connectivity index (χ0n) is 8.06. The Bertz CT molecular complexity index is 95.7. The van der Waals surface area contributed by atoms with Gasteiger partial charge in [-0.2, -0.15) is 0 Å². The van der Waals surface area contributed by atoms with Crippen molar-refractivity contribution in [3.63, 3.8) is 0 Å². The van der Waals surface area contributed by atoms with Crippen LogP contribution in [-0.2, 0) is 0 Å². The summed E-state index contributed by atoms with van der Waals surface area (Å²) in [5, 5.41) is 0. The Morgan fingerprint density at radius 3 is 2.18 bits per heavy atom. The smallest absolute Gasteiger partial charge is 0.0166 e. The molecule has 2 unspecified atom stereocenters. The zero-order valence-corrected chi connectivity index (χ0v) is 8.06. The largest absolute Gasteiger partial charge is 0.330 e. The Hall–Kier alpha value is -0.0800. The second-order valence-electron chi connectivity index (χ2n) is 3.60. The molecule has 11 heavy (non-hydrogen) atoms. The lowest BCUT2D eigenvalue weighted by Gasteiger charge is -2.32. The molecule has 0 aliphatic rings. The van der Waals surface area contributed by atoms with Gasteiger partial charge in [0.25, 0.3) is 0 Å². The highest BCUT2D eigenvalue weighted by atomic mass is 14.8. The van der Waals surface area contributed by atoms with Crippen LogP contribution < -0.4 is 11.5 Å². The summed E-state index contributed by atoms with van der Waals surface area (Å²) in [7, 11) is 0. The van der Waals surface area contributed by atoms with Crippen molar-refractivity contribution in [3.8, 4) is 0 Å². The van der Waals surface area contributed by atoms with Gasteiger partial charge < -0.3 is 11.5 Å². The molecular weight excluding hydrogens is 136 g/mol. The predicted molar refractivity (Wildman–Crippen MR) is 50.3 cm³/mol. The van der Waals surface area contributed by atoms with Crippen LogP contribution in [-0.4, -0.2) is 12.1 Å². The molecule has 0 spiro atoms. The van der Waals surface area contributed by atoms with Gasteiger partial charge in [0.15, 0.2) is 0 Å². The normalized spacial score (nSPS) is 19.4. The van der Waals surface area contributed by atoms with E-state index in [1.165, 1.54) is 0 Å². The molecule has 2 atom stereocenters. The van der Waals surface area contributed by atoms with E-state index in [2.05, 4.69) is 20.8 Å². The van der Waals surface area contributed by atoms with Crippen LogP contribution in [0.4, 0.5) is 0 Å². The van der Waals surface area contributed by atoms with Crippen LogP contribution in [0, 0.1) is 5.92 Å². The van der Waals surface area contributed by atoms with Crippen LogP contribution in [0.3, 0.4) is 0 Å². The van der Waals surface area contributed by atoms with Crippen LogP contribution in [0.5, 0.6) is 0 Å². The fourth-order valence-corrected chi connectivity index (χ4v) is 1.65. The Kier molecular flexibility index (Phi) is 4.69. The van der Waals surface area contributed by atoms with E-state index < -0.39 is 0 Å². The summed E-state index contributed by atoms with van der Waals surface area (Å²) in [6.45, 7) is 7.13. The second kappa shape index (κ2) is 4.73. The highest BCUT2D eigenvalue weighted by molar-refractivity contribution is 4.86. The summed E-state index contributed by atoms with van der Waals surface area (Å²) in [4.78, 5) is 0. The molecule has 0 bridgehead atoms. The van der Waals surface area contributed by atoms with E-state index >= 15 is 0 Å². The highest BCUT2D eigenvalue weighted by Crippen LogP contribution is 2.21. The molecule has 0 aliphatic heterocycles. The van der Waals surface area contributed by atoms with Gasteiger partial charge in [-0.25, -0.2) is 0 Å². The molecule has 0 amide bonds. The molecule has 4 N–H and O–H groups in total. The highest BCUT2D eigenvalue weighted by Gasteiger charge is 2.26. The number of rotatable bonds is 5. The Morgan fingerprint density at radius 1 is 1.36 bits per heavy atom. The molecule has 2 heteroatoms. The van der Waals surface area contributed by atoms with Gasteiger partial charge in [-0.3, -0.25) is 0 Å². The SMILES string of the molecule is CCCC(C)(N)C(CC)CN. The average molecular weight is 158 g/mol. The maximum Gasteiger partial charge on any atom is 0.0166 e. The van der Waals surface area contributed by atoms with Crippen molar-refractivity contribution in [3.05, 3.63) is 0 Å². The van der Waals surface area contributed by atoms with Gasteiger partial charge in [-0.05, 0) is 25.8 Å². The quantitative estimate of drug-likeness (QED) is 0.637. The molecule has 2 nitrogen and oxygen atoms in total. The fourth-order valence-electron chi connectivity index (χ4n) is 1.65. The molecule has 0 aromatic heterocycles. The van der Waals surface area contributed by atoms with Crippen molar-refractivity contribution >= 4 is 0 Å². The summed E-state index contributed by atoms with van der Waals surface area (Å²) in [5.41, 5.74) is 11.7. The zero-order chi connectivity index (χ0) is 8.91. The van der Waals surface area contributed by atoms with Crippen LogP contribution in [0.25, 0.3) is 0 Å².